The fourth-order valence-electron chi connectivity index (χ4n) is 2.38. The first-order valence-corrected chi connectivity index (χ1v) is 6.83. The van der Waals surface area contributed by atoms with E-state index in [4.69, 9.17) is 2.74 Å². The molecule has 0 radical (unpaired) electrons. The van der Waals surface area contributed by atoms with Crippen molar-refractivity contribution in [3.8, 4) is 0 Å². The van der Waals surface area contributed by atoms with Gasteiger partial charge < -0.3 is 0 Å². The summed E-state index contributed by atoms with van der Waals surface area (Å²) in [4.78, 5) is 0. The third kappa shape index (κ3) is 3.16. The smallest absolute Gasteiger partial charge is 0.0617 e. The molecular formula is C18H30. The standard InChI is InChI=1S/C18H30/c1-16(2,3)13-11-10-12-14(17(4,5)6)15(13)18(7,8)9/h10-12H,1-9H3/i11D,12D. The molecule has 18 heavy (non-hydrogen) atoms. The SMILES string of the molecule is [2H]c1cc([2H])c(C(C)(C)C)c(C(C)(C)C)c1C(C)(C)C. The Morgan fingerprint density at radius 3 is 1.22 bits per heavy atom. The highest BCUT2D eigenvalue weighted by Gasteiger charge is 2.30. The Balaban J connectivity index is 3.97. The molecule has 0 aliphatic heterocycles. The monoisotopic (exact) mass is 248 g/mol. The summed E-state index contributed by atoms with van der Waals surface area (Å²) in [5.74, 6) is 0. The molecular weight excluding hydrogens is 216 g/mol. The van der Waals surface area contributed by atoms with Crippen LogP contribution >= 0.6 is 0 Å². The Labute approximate surface area is 117 Å². The molecule has 102 valence electrons. The van der Waals surface area contributed by atoms with Crippen LogP contribution in [0.2, 0.25) is 0 Å². The first-order chi connectivity index (χ1) is 8.67. The maximum absolute atomic E-state index is 8.37. The lowest BCUT2D eigenvalue weighted by Crippen LogP contribution is -2.27. The van der Waals surface area contributed by atoms with Crippen LogP contribution in [0.25, 0.3) is 0 Å². The van der Waals surface area contributed by atoms with Crippen LogP contribution in [0.1, 0.15) is 81.7 Å². The van der Waals surface area contributed by atoms with Gasteiger partial charge in [-0.05, 0) is 32.9 Å². The highest BCUT2D eigenvalue weighted by atomic mass is 14.3. The van der Waals surface area contributed by atoms with Gasteiger partial charge in [-0.25, -0.2) is 0 Å². The van der Waals surface area contributed by atoms with Crippen LogP contribution in [-0.2, 0) is 16.2 Å². The normalized spacial score (nSPS) is 15.4. The van der Waals surface area contributed by atoms with Crippen molar-refractivity contribution in [2.45, 2.75) is 78.6 Å². The van der Waals surface area contributed by atoms with Gasteiger partial charge in [-0.15, -0.1) is 0 Å². The maximum atomic E-state index is 8.37. The maximum Gasteiger partial charge on any atom is 0.0626 e. The first-order valence-electron chi connectivity index (χ1n) is 7.83. The van der Waals surface area contributed by atoms with Gasteiger partial charge in [-0.2, -0.15) is 0 Å². The fourth-order valence-corrected chi connectivity index (χ4v) is 2.38. The molecule has 1 aromatic rings. The Morgan fingerprint density at radius 1 is 0.667 bits per heavy atom. The van der Waals surface area contributed by atoms with Gasteiger partial charge in [0.05, 0.1) is 2.74 Å². The molecule has 0 fully saturated rings. The van der Waals surface area contributed by atoms with E-state index < -0.39 is 0 Å². The molecule has 1 rings (SSSR count). The Kier molecular flexibility index (Phi) is 3.00. The summed E-state index contributed by atoms with van der Waals surface area (Å²) in [6.45, 7) is 19.5. The summed E-state index contributed by atoms with van der Waals surface area (Å²) < 4.78 is 16.7. The highest BCUT2D eigenvalue weighted by molar-refractivity contribution is 5.46. The van der Waals surface area contributed by atoms with Crippen molar-refractivity contribution in [3.63, 3.8) is 0 Å². The third-order valence-electron chi connectivity index (χ3n) is 3.18. The first kappa shape index (κ1) is 12.3. The van der Waals surface area contributed by atoms with Crippen LogP contribution in [0.4, 0.5) is 0 Å². The van der Waals surface area contributed by atoms with Crippen molar-refractivity contribution < 1.29 is 2.74 Å². The summed E-state index contributed by atoms with van der Waals surface area (Å²) in [5, 5.41) is 0. The Hall–Kier alpha value is -0.780. The van der Waals surface area contributed by atoms with Gasteiger partial charge in [0, 0.05) is 0 Å². The van der Waals surface area contributed by atoms with E-state index in [9.17, 15) is 0 Å². The third-order valence-corrected chi connectivity index (χ3v) is 3.18. The number of benzene rings is 1. The second-order valence-corrected chi connectivity index (χ2v) is 8.31. The van der Waals surface area contributed by atoms with Crippen LogP contribution < -0.4 is 0 Å². The lowest BCUT2D eigenvalue weighted by molar-refractivity contribution is 0.498. The second kappa shape index (κ2) is 4.40. The molecule has 0 amide bonds. The minimum atomic E-state index is -0.0899. The van der Waals surface area contributed by atoms with Crippen molar-refractivity contribution >= 4 is 0 Å². The molecule has 0 unspecified atom stereocenters. The highest BCUT2D eigenvalue weighted by Crippen LogP contribution is 2.40. The van der Waals surface area contributed by atoms with Gasteiger partial charge in [-0.3, -0.25) is 0 Å². The van der Waals surface area contributed by atoms with Crippen molar-refractivity contribution in [1.29, 1.82) is 0 Å². The van der Waals surface area contributed by atoms with Crippen molar-refractivity contribution in [3.05, 3.63) is 34.8 Å². The number of rotatable bonds is 0. The molecule has 0 heterocycles. The lowest BCUT2D eigenvalue weighted by atomic mass is 9.69. The van der Waals surface area contributed by atoms with E-state index in [0.717, 1.165) is 11.1 Å². The van der Waals surface area contributed by atoms with E-state index in [1.54, 1.807) is 6.07 Å². The van der Waals surface area contributed by atoms with Crippen LogP contribution in [0.3, 0.4) is 0 Å². The minimum Gasteiger partial charge on any atom is -0.0617 e. The van der Waals surface area contributed by atoms with Gasteiger partial charge in [0.1, 0.15) is 0 Å². The Morgan fingerprint density at radius 2 is 1.00 bits per heavy atom. The van der Waals surface area contributed by atoms with E-state index in [2.05, 4.69) is 62.3 Å². The van der Waals surface area contributed by atoms with E-state index in [-0.39, 0.29) is 16.2 Å². The molecule has 0 aliphatic rings. The zero-order chi connectivity index (χ0) is 16.1. The van der Waals surface area contributed by atoms with Gasteiger partial charge in [0.2, 0.25) is 0 Å². The number of hydrogen-bond donors (Lipinski definition) is 0. The number of hydrogen-bond acceptors (Lipinski definition) is 0. The molecule has 1 aromatic carbocycles. The summed E-state index contributed by atoms with van der Waals surface area (Å²) in [6.07, 6.45) is 0. The van der Waals surface area contributed by atoms with E-state index in [1.807, 2.05) is 0 Å². The van der Waals surface area contributed by atoms with Crippen LogP contribution in [-0.4, -0.2) is 0 Å². The van der Waals surface area contributed by atoms with Gasteiger partial charge in [0.15, 0.2) is 0 Å². The van der Waals surface area contributed by atoms with Gasteiger partial charge in [-0.1, -0.05) is 80.5 Å². The lowest BCUT2D eigenvalue weighted by Gasteiger charge is -2.36. The van der Waals surface area contributed by atoms with E-state index in [1.165, 1.54) is 5.56 Å². The second-order valence-electron chi connectivity index (χ2n) is 8.31. The van der Waals surface area contributed by atoms with E-state index >= 15 is 0 Å². The largest absolute Gasteiger partial charge is 0.0626 e. The molecule has 0 bridgehead atoms. The van der Waals surface area contributed by atoms with E-state index in [0.29, 0.717) is 12.1 Å². The topological polar surface area (TPSA) is 0 Å². The molecule has 0 spiro atoms. The molecule has 0 aliphatic carbocycles. The summed E-state index contributed by atoms with van der Waals surface area (Å²) >= 11 is 0. The fraction of sp³-hybridized carbons (Fsp3) is 0.667. The van der Waals surface area contributed by atoms with Crippen molar-refractivity contribution in [2.24, 2.45) is 0 Å². The average Bonchev–Trinajstić information content (AvgIpc) is 2.09. The molecule has 0 saturated carbocycles. The predicted molar refractivity (Wildman–Crippen MR) is 82.5 cm³/mol. The molecule has 0 N–H and O–H groups in total. The average molecular weight is 248 g/mol. The molecule has 0 atom stereocenters. The molecule has 0 aromatic heterocycles. The zero-order valence-electron chi connectivity index (χ0n) is 15.6. The minimum absolute atomic E-state index is 0.0713. The predicted octanol–water partition coefficient (Wildman–Crippen LogP) is 5.58. The summed E-state index contributed by atoms with van der Waals surface area (Å²) in [7, 11) is 0. The molecule has 0 nitrogen and oxygen atoms in total. The van der Waals surface area contributed by atoms with Gasteiger partial charge in [0.25, 0.3) is 0 Å². The van der Waals surface area contributed by atoms with Crippen LogP contribution in [0.5, 0.6) is 0 Å². The van der Waals surface area contributed by atoms with Crippen LogP contribution in [0, 0.1) is 0 Å². The van der Waals surface area contributed by atoms with Crippen molar-refractivity contribution in [1.82, 2.24) is 0 Å². The summed E-state index contributed by atoms with van der Waals surface area (Å²) in [5.41, 5.74) is 3.12. The molecule has 0 heteroatoms. The van der Waals surface area contributed by atoms with Gasteiger partial charge >= 0.3 is 0 Å². The van der Waals surface area contributed by atoms with Crippen LogP contribution in [0.15, 0.2) is 18.2 Å². The molecule has 0 saturated heterocycles. The quantitative estimate of drug-likeness (QED) is 0.562. The summed E-state index contributed by atoms with van der Waals surface area (Å²) in [6, 6.07) is 2.72. The van der Waals surface area contributed by atoms with Crippen molar-refractivity contribution in [2.75, 3.05) is 0 Å². The zero-order valence-corrected chi connectivity index (χ0v) is 13.6. The Bertz CT molecular complexity index is 468.